The minimum absolute atomic E-state index is 0.172. The summed E-state index contributed by atoms with van der Waals surface area (Å²) in [7, 11) is 1.73. The van der Waals surface area contributed by atoms with E-state index in [-0.39, 0.29) is 5.41 Å². The van der Waals surface area contributed by atoms with Crippen molar-refractivity contribution in [2.45, 2.75) is 19.3 Å². The third-order valence-electron chi connectivity index (χ3n) is 2.16. The maximum Gasteiger partial charge on any atom is 0.283 e. The fourth-order valence-electron chi connectivity index (χ4n) is 1.35. The Balaban J connectivity index is 3.06. The van der Waals surface area contributed by atoms with Gasteiger partial charge in [-0.1, -0.05) is 17.0 Å². The van der Waals surface area contributed by atoms with Crippen LogP contribution in [0.25, 0.3) is 4.85 Å². The fraction of sp³-hybridized carbons (Fsp3) is 0.333. The number of aliphatic imine (C=N–C) groups is 1. The van der Waals surface area contributed by atoms with Crippen LogP contribution in [0.3, 0.4) is 0 Å². The molecule has 0 aliphatic rings. The molecule has 1 rings (SSSR count). The van der Waals surface area contributed by atoms with E-state index in [1.54, 1.807) is 7.05 Å². The lowest BCUT2D eigenvalue weighted by Crippen LogP contribution is -2.13. The first-order valence-electron chi connectivity index (χ1n) is 4.64. The molecular weight excluding hydrogens is 204 g/mol. The molecule has 76 valence electrons. The number of isothiocyanates is 1. The van der Waals surface area contributed by atoms with E-state index in [1.807, 2.05) is 24.3 Å². The van der Waals surface area contributed by atoms with Crippen LogP contribution in [0.5, 0.6) is 0 Å². The number of nitrogens with zero attached hydrogens (tertiary/aromatic N) is 2. The van der Waals surface area contributed by atoms with Gasteiger partial charge in [0.2, 0.25) is 0 Å². The third kappa shape index (κ3) is 2.99. The van der Waals surface area contributed by atoms with Gasteiger partial charge in [-0.2, -0.15) is 4.99 Å². The predicted octanol–water partition coefficient (Wildman–Crippen LogP) is 3.66. The molecule has 0 N–H and O–H groups in total. The lowest BCUT2D eigenvalue weighted by atomic mass is 9.86. The van der Waals surface area contributed by atoms with Crippen molar-refractivity contribution in [1.82, 2.24) is 0 Å². The van der Waals surface area contributed by atoms with Crippen LogP contribution < -0.4 is 0 Å². The molecule has 15 heavy (non-hydrogen) atoms. The van der Waals surface area contributed by atoms with Gasteiger partial charge in [0, 0.05) is 0 Å². The highest BCUT2D eigenvalue weighted by Crippen LogP contribution is 2.24. The van der Waals surface area contributed by atoms with Crippen molar-refractivity contribution >= 4 is 23.1 Å². The Kier molecular flexibility index (Phi) is 3.74. The molecule has 1 aromatic rings. The Bertz CT molecular complexity index is 443. The van der Waals surface area contributed by atoms with E-state index in [1.165, 1.54) is 0 Å². The SMILES string of the molecule is C[N+]#CC(C)(C)c1ccc(N=C=S)cc1. The molecule has 2 nitrogen and oxygen atoms in total. The first-order valence-corrected chi connectivity index (χ1v) is 5.05. The van der Waals surface area contributed by atoms with E-state index in [2.05, 4.69) is 47.1 Å². The molecule has 3 heteroatoms. The highest BCUT2D eigenvalue weighted by Gasteiger charge is 2.23. The maximum absolute atomic E-state index is 4.54. The highest BCUT2D eigenvalue weighted by molar-refractivity contribution is 7.78. The van der Waals surface area contributed by atoms with Crippen molar-refractivity contribution in [3.05, 3.63) is 34.7 Å². The van der Waals surface area contributed by atoms with Crippen molar-refractivity contribution < 1.29 is 0 Å². The Morgan fingerprint density at radius 2 is 1.87 bits per heavy atom. The number of hydrogen-bond acceptors (Lipinski definition) is 2. The lowest BCUT2D eigenvalue weighted by molar-refractivity contribution is 0.697. The second kappa shape index (κ2) is 4.84. The minimum Gasteiger partial charge on any atom is -0.195 e. The summed E-state index contributed by atoms with van der Waals surface area (Å²) in [5.74, 6) is 0. The van der Waals surface area contributed by atoms with E-state index in [0.29, 0.717) is 0 Å². The molecule has 0 heterocycles. The molecule has 0 amide bonds. The molecule has 1 aromatic carbocycles. The van der Waals surface area contributed by atoms with Gasteiger partial charge >= 0.3 is 0 Å². The zero-order valence-corrected chi connectivity index (χ0v) is 9.93. The number of rotatable bonds is 2. The average Bonchev–Trinajstić information content (AvgIpc) is 2.19. The Hall–Kier alpha value is -1.49. The van der Waals surface area contributed by atoms with Gasteiger partial charge < -0.3 is 0 Å². The highest BCUT2D eigenvalue weighted by atomic mass is 32.1. The fourth-order valence-corrected chi connectivity index (χ4v) is 1.45. The summed E-state index contributed by atoms with van der Waals surface area (Å²) in [6, 6.07) is 10.9. The van der Waals surface area contributed by atoms with E-state index < -0.39 is 0 Å². The maximum atomic E-state index is 4.54. The minimum atomic E-state index is -0.172. The van der Waals surface area contributed by atoms with Gasteiger partial charge in [-0.3, -0.25) is 0 Å². The molecule has 0 unspecified atom stereocenters. The topological polar surface area (TPSA) is 16.7 Å². The van der Waals surface area contributed by atoms with Gasteiger partial charge in [-0.05, 0) is 43.8 Å². The van der Waals surface area contributed by atoms with Crippen LogP contribution in [0, 0.1) is 6.07 Å². The zero-order chi connectivity index (χ0) is 11.3. The molecule has 0 aliphatic heterocycles. The van der Waals surface area contributed by atoms with Crippen LogP contribution in [-0.4, -0.2) is 12.2 Å². The summed E-state index contributed by atoms with van der Waals surface area (Å²) in [6.07, 6.45) is 0. The van der Waals surface area contributed by atoms with Gasteiger partial charge in [0.05, 0.1) is 10.8 Å². The number of benzene rings is 1. The first kappa shape index (κ1) is 11.6. The summed E-state index contributed by atoms with van der Waals surface area (Å²) in [5.41, 5.74) is 1.80. The quantitative estimate of drug-likeness (QED) is 0.545. The zero-order valence-electron chi connectivity index (χ0n) is 9.11. The summed E-state index contributed by atoms with van der Waals surface area (Å²) in [5, 5.41) is 2.34. The van der Waals surface area contributed by atoms with E-state index in [0.717, 1.165) is 11.3 Å². The molecule has 0 fully saturated rings. The smallest absolute Gasteiger partial charge is 0.195 e. The summed E-state index contributed by atoms with van der Waals surface area (Å²) in [4.78, 5) is 7.84. The Morgan fingerprint density at radius 3 is 2.33 bits per heavy atom. The molecular formula is C12H13N2S+. The average molecular weight is 217 g/mol. The predicted molar refractivity (Wildman–Crippen MR) is 67.3 cm³/mol. The van der Waals surface area contributed by atoms with Crippen LogP contribution in [0.4, 0.5) is 5.69 Å². The van der Waals surface area contributed by atoms with Gasteiger partial charge in [-0.25, -0.2) is 0 Å². The van der Waals surface area contributed by atoms with Gasteiger partial charge in [-0.15, -0.1) is 0 Å². The van der Waals surface area contributed by atoms with Crippen LogP contribution >= 0.6 is 12.2 Å². The second-order valence-electron chi connectivity index (χ2n) is 3.71. The van der Waals surface area contributed by atoms with Gasteiger partial charge in [0.1, 0.15) is 5.41 Å². The first-order chi connectivity index (χ1) is 7.10. The summed E-state index contributed by atoms with van der Waals surface area (Å²) >= 11 is 4.54. The van der Waals surface area contributed by atoms with Crippen molar-refractivity contribution in [3.8, 4) is 6.07 Å². The molecule has 0 radical (unpaired) electrons. The number of thiocarbonyl (C=S) groups is 1. The summed E-state index contributed by atoms with van der Waals surface area (Å²) < 4.78 is 0. The second-order valence-corrected chi connectivity index (χ2v) is 3.89. The molecule has 0 aromatic heterocycles. The van der Waals surface area contributed by atoms with Crippen LogP contribution in [0.1, 0.15) is 19.4 Å². The Labute approximate surface area is 95.5 Å². The molecule has 0 aliphatic carbocycles. The molecule has 0 bridgehead atoms. The van der Waals surface area contributed by atoms with Crippen LogP contribution in [-0.2, 0) is 5.41 Å². The molecule has 0 atom stereocenters. The number of hydrogen-bond donors (Lipinski definition) is 0. The van der Waals surface area contributed by atoms with Crippen molar-refractivity contribution in [2.24, 2.45) is 4.99 Å². The normalized spacial score (nSPS) is 9.80. The van der Waals surface area contributed by atoms with E-state index in [9.17, 15) is 0 Å². The van der Waals surface area contributed by atoms with E-state index >= 15 is 0 Å². The van der Waals surface area contributed by atoms with Crippen molar-refractivity contribution in [3.63, 3.8) is 0 Å². The molecule has 0 saturated carbocycles. The standard InChI is InChI=1S/C12H13N2S/c1-12(2,8-13-3)10-4-6-11(7-5-10)14-9-15/h4-7H,1-3H3/q+1. The largest absolute Gasteiger partial charge is 0.283 e. The van der Waals surface area contributed by atoms with Crippen LogP contribution in [0.15, 0.2) is 29.3 Å². The van der Waals surface area contributed by atoms with Crippen LogP contribution in [0.2, 0.25) is 0 Å². The van der Waals surface area contributed by atoms with Gasteiger partial charge in [0.25, 0.3) is 13.1 Å². The van der Waals surface area contributed by atoms with E-state index in [4.69, 9.17) is 0 Å². The third-order valence-corrected chi connectivity index (χ3v) is 2.25. The van der Waals surface area contributed by atoms with Gasteiger partial charge in [0.15, 0.2) is 0 Å². The molecule has 0 spiro atoms. The lowest BCUT2D eigenvalue weighted by Gasteiger charge is -2.12. The summed E-state index contributed by atoms with van der Waals surface area (Å²) in [6.45, 7) is 4.13. The molecule has 0 saturated heterocycles. The van der Waals surface area contributed by atoms with Crippen molar-refractivity contribution in [2.75, 3.05) is 7.05 Å². The monoisotopic (exact) mass is 217 g/mol. The Morgan fingerprint density at radius 1 is 1.27 bits per heavy atom. The van der Waals surface area contributed by atoms with Crippen molar-refractivity contribution in [1.29, 1.82) is 0 Å².